The third kappa shape index (κ3) is 3.94. The summed E-state index contributed by atoms with van der Waals surface area (Å²) in [5.74, 6) is 0.000669. The van der Waals surface area contributed by atoms with Gasteiger partial charge in [0.05, 0.1) is 10.6 Å². The molecule has 0 aliphatic carbocycles. The largest absolute Gasteiger partial charge is 0.361 e. The number of nitrogens with zero attached hydrogens (tertiary/aromatic N) is 3. The molecule has 1 amide bonds. The molecule has 0 radical (unpaired) electrons. The number of aromatic amines is 1. The highest BCUT2D eigenvalue weighted by Gasteiger charge is 2.33. The Morgan fingerprint density at radius 1 is 1.03 bits per heavy atom. The third-order valence-electron chi connectivity index (χ3n) is 5.41. The summed E-state index contributed by atoms with van der Waals surface area (Å²) >= 11 is 1.44. The monoisotopic (exact) mass is 426 g/mol. The molecule has 0 saturated carbocycles. The van der Waals surface area contributed by atoms with Crippen LogP contribution in [-0.2, 0) is 18.3 Å². The normalized spacial score (nSPS) is 16.8. The lowest BCUT2D eigenvalue weighted by Crippen LogP contribution is -2.31. The second-order valence-electron chi connectivity index (χ2n) is 7.45. The average molecular weight is 427 g/mol. The SMILES string of the molecule is Cn1cccc1/C=C1\SC(=Nc2ccccc2)N(CCc2c[nH]c3ccccc23)C1=O. The molecule has 31 heavy (non-hydrogen) atoms. The van der Waals surface area contributed by atoms with E-state index >= 15 is 0 Å². The number of fused-ring (bicyclic) bond motifs is 1. The van der Waals surface area contributed by atoms with E-state index in [9.17, 15) is 4.79 Å². The van der Waals surface area contributed by atoms with Crippen LogP contribution >= 0.6 is 11.8 Å². The van der Waals surface area contributed by atoms with Gasteiger partial charge in [-0.1, -0.05) is 36.4 Å². The lowest BCUT2D eigenvalue weighted by Gasteiger charge is -2.15. The number of amides is 1. The van der Waals surface area contributed by atoms with E-state index in [1.54, 1.807) is 4.90 Å². The number of carbonyl (C=O) groups is 1. The first-order valence-corrected chi connectivity index (χ1v) is 11.0. The van der Waals surface area contributed by atoms with Gasteiger partial charge in [0, 0.05) is 42.6 Å². The van der Waals surface area contributed by atoms with E-state index < -0.39 is 0 Å². The van der Waals surface area contributed by atoms with Crippen LogP contribution in [0.3, 0.4) is 0 Å². The van der Waals surface area contributed by atoms with Crippen molar-refractivity contribution in [2.24, 2.45) is 12.0 Å². The molecule has 1 fully saturated rings. The van der Waals surface area contributed by atoms with Gasteiger partial charge in [0.1, 0.15) is 0 Å². The Kier molecular flexibility index (Phi) is 5.22. The van der Waals surface area contributed by atoms with Crippen molar-refractivity contribution in [3.8, 4) is 0 Å². The number of H-pyrrole nitrogens is 1. The zero-order chi connectivity index (χ0) is 21.2. The molecule has 0 unspecified atom stereocenters. The second kappa shape index (κ2) is 8.32. The molecule has 2 aromatic carbocycles. The number of thioether (sulfide) groups is 1. The number of aliphatic imine (C=N–C) groups is 1. The molecule has 4 aromatic rings. The minimum absolute atomic E-state index is 0.000669. The van der Waals surface area contributed by atoms with Crippen molar-refractivity contribution in [1.29, 1.82) is 0 Å². The smallest absolute Gasteiger partial charge is 0.266 e. The van der Waals surface area contributed by atoms with Gasteiger partial charge in [-0.15, -0.1) is 0 Å². The number of aromatic nitrogens is 2. The topological polar surface area (TPSA) is 53.4 Å². The van der Waals surface area contributed by atoms with Gasteiger partial charge in [0.2, 0.25) is 0 Å². The van der Waals surface area contributed by atoms with Crippen molar-refractivity contribution in [3.05, 3.63) is 95.3 Å². The minimum Gasteiger partial charge on any atom is -0.361 e. The molecule has 0 spiro atoms. The van der Waals surface area contributed by atoms with E-state index in [0.29, 0.717) is 11.4 Å². The number of rotatable bonds is 5. The fraction of sp³-hybridized carbons (Fsp3) is 0.120. The summed E-state index contributed by atoms with van der Waals surface area (Å²) < 4.78 is 2.00. The van der Waals surface area contributed by atoms with Gasteiger partial charge < -0.3 is 9.55 Å². The summed E-state index contributed by atoms with van der Waals surface area (Å²) in [7, 11) is 1.98. The Hall–Kier alpha value is -3.51. The van der Waals surface area contributed by atoms with Gasteiger partial charge >= 0.3 is 0 Å². The lowest BCUT2D eigenvalue weighted by atomic mass is 10.1. The molecule has 1 saturated heterocycles. The number of hydrogen-bond donors (Lipinski definition) is 1. The van der Waals surface area contributed by atoms with Crippen molar-refractivity contribution < 1.29 is 4.79 Å². The Morgan fingerprint density at radius 3 is 2.65 bits per heavy atom. The van der Waals surface area contributed by atoms with Crippen molar-refractivity contribution in [1.82, 2.24) is 14.5 Å². The summed E-state index contributed by atoms with van der Waals surface area (Å²) in [6, 6.07) is 22.0. The van der Waals surface area contributed by atoms with Crippen molar-refractivity contribution in [3.63, 3.8) is 0 Å². The van der Waals surface area contributed by atoms with Gasteiger partial charge in [0.15, 0.2) is 5.17 Å². The van der Waals surface area contributed by atoms with Gasteiger partial charge in [-0.25, -0.2) is 4.99 Å². The summed E-state index contributed by atoms with van der Waals surface area (Å²) in [6.45, 7) is 0.573. The standard InChI is InChI=1S/C25H22N4OS/c1-28-14-7-10-20(28)16-23-24(30)29(25(31-23)27-19-8-3-2-4-9-19)15-13-18-17-26-22-12-6-5-11-21(18)22/h2-12,14,16-17,26H,13,15H2,1H3/b23-16-,27-25?. The highest BCUT2D eigenvalue weighted by Crippen LogP contribution is 2.34. The molecule has 6 heteroatoms. The Balaban J connectivity index is 1.46. The molecule has 0 atom stereocenters. The van der Waals surface area contributed by atoms with E-state index in [1.165, 1.54) is 22.7 Å². The van der Waals surface area contributed by atoms with Crippen molar-refractivity contribution >= 4 is 45.5 Å². The lowest BCUT2D eigenvalue weighted by molar-refractivity contribution is -0.122. The van der Waals surface area contributed by atoms with Crippen LogP contribution in [0.5, 0.6) is 0 Å². The number of benzene rings is 2. The van der Waals surface area contributed by atoms with Gasteiger partial charge in [0.25, 0.3) is 5.91 Å². The maximum absolute atomic E-state index is 13.3. The molecule has 2 aromatic heterocycles. The maximum Gasteiger partial charge on any atom is 0.266 e. The van der Waals surface area contributed by atoms with Crippen LogP contribution in [0.4, 0.5) is 5.69 Å². The van der Waals surface area contributed by atoms with Crippen LogP contribution in [0.15, 0.2) is 89.0 Å². The van der Waals surface area contributed by atoms with Crippen LogP contribution in [0.1, 0.15) is 11.3 Å². The summed E-state index contributed by atoms with van der Waals surface area (Å²) in [4.78, 5) is 23.9. The molecule has 5 nitrogen and oxygen atoms in total. The molecule has 3 heterocycles. The van der Waals surface area contributed by atoms with Gasteiger partial charge in [-0.2, -0.15) is 0 Å². The maximum atomic E-state index is 13.3. The molecular weight excluding hydrogens is 404 g/mol. The van der Waals surface area contributed by atoms with Crippen LogP contribution in [0.2, 0.25) is 0 Å². The molecule has 1 aliphatic heterocycles. The number of nitrogens with one attached hydrogen (secondary N) is 1. The Labute approximate surface area is 185 Å². The van der Waals surface area contributed by atoms with Crippen LogP contribution in [0.25, 0.3) is 17.0 Å². The van der Waals surface area contributed by atoms with Crippen molar-refractivity contribution in [2.75, 3.05) is 6.54 Å². The molecule has 1 aliphatic rings. The summed E-state index contributed by atoms with van der Waals surface area (Å²) in [5, 5.41) is 1.92. The zero-order valence-electron chi connectivity index (χ0n) is 17.2. The highest BCUT2D eigenvalue weighted by atomic mass is 32.2. The predicted octanol–water partition coefficient (Wildman–Crippen LogP) is 5.35. The fourth-order valence-corrected chi connectivity index (χ4v) is 4.74. The van der Waals surface area contributed by atoms with Crippen molar-refractivity contribution in [2.45, 2.75) is 6.42 Å². The van der Waals surface area contributed by atoms with Gasteiger partial charge in [-0.05, 0) is 60.2 Å². The molecule has 0 bridgehead atoms. The average Bonchev–Trinajstić information content (AvgIpc) is 3.47. The zero-order valence-corrected chi connectivity index (χ0v) is 18.0. The molecule has 1 N–H and O–H groups in total. The molecule has 5 rings (SSSR count). The Bertz CT molecular complexity index is 1300. The quantitative estimate of drug-likeness (QED) is 0.437. The summed E-state index contributed by atoms with van der Waals surface area (Å²) in [5.41, 5.74) is 4.15. The van der Waals surface area contributed by atoms with E-state index in [0.717, 1.165) is 28.5 Å². The first kappa shape index (κ1) is 19.5. The van der Waals surface area contributed by atoms with E-state index in [1.807, 2.05) is 84.7 Å². The van der Waals surface area contributed by atoms with Gasteiger partial charge in [-0.3, -0.25) is 9.69 Å². The van der Waals surface area contributed by atoms with Crippen LogP contribution in [0, 0.1) is 0 Å². The first-order chi connectivity index (χ1) is 15.2. The summed E-state index contributed by atoms with van der Waals surface area (Å²) in [6.07, 6.45) is 6.71. The minimum atomic E-state index is 0.000669. The van der Waals surface area contributed by atoms with E-state index in [4.69, 9.17) is 4.99 Å². The first-order valence-electron chi connectivity index (χ1n) is 10.2. The molecule has 154 valence electrons. The fourth-order valence-electron chi connectivity index (χ4n) is 3.73. The predicted molar refractivity (Wildman–Crippen MR) is 128 cm³/mol. The number of para-hydroxylation sites is 2. The van der Waals surface area contributed by atoms with E-state index in [-0.39, 0.29) is 5.91 Å². The number of amidine groups is 1. The number of hydrogen-bond acceptors (Lipinski definition) is 3. The number of aryl methyl sites for hydroxylation is 1. The second-order valence-corrected chi connectivity index (χ2v) is 8.46. The van der Waals surface area contributed by atoms with Crippen LogP contribution in [-0.4, -0.2) is 32.1 Å². The van der Waals surface area contributed by atoms with Crippen LogP contribution < -0.4 is 0 Å². The third-order valence-corrected chi connectivity index (χ3v) is 6.42. The number of carbonyl (C=O) groups excluding carboxylic acids is 1. The van der Waals surface area contributed by atoms with E-state index in [2.05, 4.69) is 17.1 Å². The Morgan fingerprint density at radius 2 is 1.84 bits per heavy atom. The molecular formula is C25H22N4OS. The highest BCUT2D eigenvalue weighted by molar-refractivity contribution is 8.18.